The molecule has 3 nitrogen and oxygen atoms in total. The van der Waals surface area contributed by atoms with Crippen LogP contribution in [0.25, 0.3) is 10.4 Å². The highest BCUT2D eigenvalue weighted by atomic mass is 32.1. The Morgan fingerprint density at radius 1 is 1.26 bits per heavy atom. The van der Waals surface area contributed by atoms with Crippen molar-refractivity contribution in [2.24, 2.45) is 11.7 Å². The van der Waals surface area contributed by atoms with Crippen LogP contribution in [0.15, 0.2) is 41.8 Å². The Labute approximate surface area is 117 Å². The summed E-state index contributed by atoms with van der Waals surface area (Å²) in [4.78, 5) is 13.2. The summed E-state index contributed by atoms with van der Waals surface area (Å²) in [7, 11) is 0. The number of nitrogens with two attached hydrogens (primary N) is 1. The first-order chi connectivity index (χ1) is 9.08. The molecule has 0 fully saturated rings. The minimum atomic E-state index is -0.203. The lowest BCUT2D eigenvalue weighted by Gasteiger charge is -2.15. The summed E-state index contributed by atoms with van der Waals surface area (Å²) in [5.74, 6) is -0.247. The second kappa shape index (κ2) is 5.99. The number of carbonyl (C=O) groups is 1. The van der Waals surface area contributed by atoms with Crippen LogP contribution in [0.4, 0.5) is 5.69 Å². The molecule has 0 radical (unpaired) electrons. The van der Waals surface area contributed by atoms with Crippen LogP contribution < -0.4 is 11.1 Å². The number of thiophene rings is 1. The van der Waals surface area contributed by atoms with Gasteiger partial charge in [-0.1, -0.05) is 25.1 Å². The van der Waals surface area contributed by atoms with Crippen LogP contribution >= 0.6 is 11.3 Å². The number of rotatable bonds is 4. The summed E-state index contributed by atoms with van der Waals surface area (Å²) >= 11 is 1.68. The van der Waals surface area contributed by atoms with Gasteiger partial charge in [0.2, 0.25) is 5.91 Å². The molecule has 1 aromatic carbocycles. The Bertz CT molecular complexity index is 549. The van der Waals surface area contributed by atoms with Gasteiger partial charge in [-0.05, 0) is 36.1 Å². The van der Waals surface area contributed by atoms with Gasteiger partial charge in [-0.2, -0.15) is 0 Å². The lowest BCUT2D eigenvalue weighted by atomic mass is 10.0. The van der Waals surface area contributed by atoms with E-state index in [0.717, 1.165) is 11.3 Å². The van der Waals surface area contributed by atoms with Crippen molar-refractivity contribution in [2.75, 3.05) is 5.32 Å². The number of carbonyl (C=O) groups excluding carboxylic acids is 1. The van der Waals surface area contributed by atoms with Crippen molar-refractivity contribution >= 4 is 22.9 Å². The van der Waals surface area contributed by atoms with Gasteiger partial charge in [0.05, 0.1) is 5.92 Å². The van der Waals surface area contributed by atoms with E-state index in [9.17, 15) is 4.79 Å². The molecule has 2 rings (SSSR count). The average molecular weight is 274 g/mol. The highest BCUT2D eigenvalue weighted by Crippen LogP contribution is 2.26. The fourth-order valence-electron chi connectivity index (χ4n) is 1.69. The van der Waals surface area contributed by atoms with Gasteiger partial charge in [0.1, 0.15) is 0 Å². The van der Waals surface area contributed by atoms with Gasteiger partial charge in [-0.15, -0.1) is 11.3 Å². The number of benzene rings is 1. The zero-order valence-corrected chi connectivity index (χ0v) is 11.9. The summed E-state index contributed by atoms with van der Waals surface area (Å²) in [5, 5.41) is 4.95. The summed E-state index contributed by atoms with van der Waals surface area (Å²) in [6.45, 7) is 3.68. The normalized spacial score (nSPS) is 13.8. The fourth-order valence-corrected chi connectivity index (χ4v) is 2.41. The van der Waals surface area contributed by atoms with Gasteiger partial charge in [0.15, 0.2) is 0 Å². The molecule has 1 aromatic heterocycles. The van der Waals surface area contributed by atoms with Crippen molar-refractivity contribution < 1.29 is 4.79 Å². The summed E-state index contributed by atoms with van der Waals surface area (Å²) < 4.78 is 0. The molecule has 1 amide bonds. The topological polar surface area (TPSA) is 55.1 Å². The maximum atomic E-state index is 12.0. The molecule has 0 saturated heterocycles. The van der Waals surface area contributed by atoms with Crippen molar-refractivity contribution in [3.05, 3.63) is 41.8 Å². The highest BCUT2D eigenvalue weighted by molar-refractivity contribution is 7.13. The number of nitrogens with one attached hydrogen (secondary N) is 1. The molecule has 0 aliphatic carbocycles. The molecule has 0 spiro atoms. The second-order valence-electron chi connectivity index (χ2n) is 4.70. The molecule has 2 aromatic rings. The zero-order valence-electron chi connectivity index (χ0n) is 11.1. The third-order valence-electron chi connectivity index (χ3n) is 3.14. The van der Waals surface area contributed by atoms with Crippen molar-refractivity contribution in [2.45, 2.75) is 19.9 Å². The Morgan fingerprint density at radius 3 is 2.68 bits per heavy atom. The largest absolute Gasteiger partial charge is 0.327 e. The van der Waals surface area contributed by atoms with Crippen LogP contribution in [-0.2, 0) is 4.79 Å². The van der Waals surface area contributed by atoms with Crippen LogP contribution in [0.3, 0.4) is 0 Å². The molecule has 100 valence electrons. The first kappa shape index (κ1) is 13.8. The monoisotopic (exact) mass is 274 g/mol. The zero-order chi connectivity index (χ0) is 13.8. The number of hydrogen-bond acceptors (Lipinski definition) is 3. The van der Waals surface area contributed by atoms with Crippen LogP contribution in [0.2, 0.25) is 0 Å². The lowest BCUT2D eigenvalue weighted by Crippen LogP contribution is -2.34. The summed E-state index contributed by atoms with van der Waals surface area (Å²) in [5.41, 5.74) is 7.66. The van der Waals surface area contributed by atoms with Gasteiger partial charge in [-0.25, -0.2) is 0 Å². The molecule has 0 aliphatic rings. The van der Waals surface area contributed by atoms with E-state index in [1.807, 2.05) is 49.6 Å². The Kier molecular flexibility index (Phi) is 4.35. The highest BCUT2D eigenvalue weighted by Gasteiger charge is 2.17. The molecule has 2 atom stereocenters. The molecule has 2 unspecified atom stereocenters. The van der Waals surface area contributed by atoms with E-state index in [2.05, 4.69) is 11.4 Å². The van der Waals surface area contributed by atoms with Gasteiger partial charge in [-0.3, -0.25) is 4.79 Å². The molecule has 19 heavy (non-hydrogen) atoms. The molecule has 1 heterocycles. The van der Waals surface area contributed by atoms with Crippen molar-refractivity contribution in [3.63, 3.8) is 0 Å². The van der Waals surface area contributed by atoms with Gasteiger partial charge >= 0.3 is 0 Å². The number of amides is 1. The first-order valence-electron chi connectivity index (χ1n) is 6.28. The second-order valence-corrected chi connectivity index (χ2v) is 5.64. The maximum Gasteiger partial charge on any atom is 0.228 e. The predicted octanol–water partition coefficient (Wildman–Crippen LogP) is 3.34. The van der Waals surface area contributed by atoms with Crippen LogP contribution in [0.5, 0.6) is 0 Å². The maximum absolute atomic E-state index is 12.0. The van der Waals surface area contributed by atoms with Crippen LogP contribution in [-0.4, -0.2) is 11.9 Å². The molecule has 0 bridgehead atoms. The van der Waals surface area contributed by atoms with E-state index in [1.54, 1.807) is 11.3 Å². The third-order valence-corrected chi connectivity index (χ3v) is 4.06. The minimum absolute atomic E-state index is 0.0432. The smallest absolute Gasteiger partial charge is 0.228 e. The van der Waals surface area contributed by atoms with Gasteiger partial charge < -0.3 is 11.1 Å². The van der Waals surface area contributed by atoms with Crippen molar-refractivity contribution in [3.8, 4) is 10.4 Å². The van der Waals surface area contributed by atoms with Gasteiger partial charge in [0.25, 0.3) is 0 Å². The minimum Gasteiger partial charge on any atom is -0.327 e. The van der Waals surface area contributed by atoms with Crippen molar-refractivity contribution in [1.29, 1.82) is 0 Å². The van der Waals surface area contributed by atoms with Crippen LogP contribution in [0.1, 0.15) is 13.8 Å². The molecule has 4 heteroatoms. The SMILES string of the molecule is CC(N)C(C)C(=O)Nc1cccc(-c2cccs2)c1. The number of hydrogen-bond donors (Lipinski definition) is 2. The molecular formula is C15H18N2OS. The fraction of sp³-hybridized carbons (Fsp3) is 0.267. The van der Waals surface area contributed by atoms with E-state index in [1.165, 1.54) is 4.88 Å². The van der Waals surface area contributed by atoms with Crippen LogP contribution in [0, 0.1) is 5.92 Å². The number of anilines is 1. The molecule has 0 aliphatic heterocycles. The Morgan fingerprint density at radius 2 is 2.05 bits per heavy atom. The quantitative estimate of drug-likeness (QED) is 0.898. The van der Waals surface area contributed by atoms with E-state index >= 15 is 0 Å². The first-order valence-corrected chi connectivity index (χ1v) is 7.16. The predicted molar refractivity (Wildman–Crippen MR) is 81.2 cm³/mol. The van der Waals surface area contributed by atoms with E-state index < -0.39 is 0 Å². The lowest BCUT2D eigenvalue weighted by molar-refractivity contribution is -0.119. The van der Waals surface area contributed by atoms with E-state index in [-0.39, 0.29) is 17.9 Å². The van der Waals surface area contributed by atoms with Crippen molar-refractivity contribution in [1.82, 2.24) is 0 Å². The summed E-state index contributed by atoms with van der Waals surface area (Å²) in [6.07, 6.45) is 0. The van der Waals surface area contributed by atoms with E-state index in [0.29, 0.717) is 0 Å². The molecular weight excluding hydrogens is 256 g/mol. The van der Waals surface area contributed by atoms with E-state index in [4.69, 9.17) is 5.73 Å². The average Bonchev–Trinajstić information content (AvgIpc) is 2.91. The Hall–Kier alpha value is -1.65. The third kappa shape index (κ3) is 3.43. The molecule has 3 N–H and O–H groups in total. The van der Waals surface area contributed by atoms with Gasteiger partial charge in [0, 0.05) is 16.6 Å². The standard InChI is InChI=1S/C15H18N2OS/c1-10(11(2)16)15(18)17-13-6-3-5-12(9-13)14-7-4-8-19-14/h3-11H,16H2,1-2H3,(H,17,18). The Balaban J connectivity index is 2.14. The summed E-state index contributed by atoms with van der Waals surface area (Å²) in [6, 6.07) is 11.8. The molecule has 0 saturated carbocycles.